The number of nitrogens with zero attached hydrogens (tertiary/aromatic N) is 2. The van der Waals surface area contributed by atoms with Crippen LogP contribution in [0.4, 0.5) is 0 Å². The molecule has 2 atom stereocenters. The molecule has 0 aromatic heterocycles. The first-order chi connectivity index (χ1) is 7.69. The van der Waals surface area contributed by atoms with E-state index < -0.39 is 0 Å². The lowest BCUT2D eigenvalue weighted by molar-refractivity contribution is -0.0550. The molecule has 17 heavy (non-hydrogen) atoms. The molecule has 2 fully saturated rings. The van der Waals surface area contributed by atoms with Crippen molar-refractivity contribution in [3.8, 4) is 0 Å². The van der Waals surface area contributed by atoms with Crippen LogP contribution < -0.4 is 0 Å². The Labute approximate surface area is 107 Å². The van der Waals surface area contributed by atoms with Crippen LogP contribution in [0, 0.1) is 5.92 Å². The number of likely N-dealkylation sites (tertiary alicyclic amines) is 2. The first kappa shape index (κ1) is 13.4. The molecule has 2 aliphatic heterocycles. The van der Waals surface area contributed by atoms with Crippen molar-refractivity contribution >= 4 is 0 Å². The van der Waals surface area contributed by atoms with Crippen molar-refractivity contribution in [1.82, 2.24) is 9.80 Å². The molecule has 0 aromatic carbocycles. The van der Waals surface area contributed by atoms with Gasteiger partial charge in [-0.2, -0.15) is 0 Å². The third-order valence-electron chi connectivity index (χ3n) is 4.65. The van der Waals surface area contributed by atoms with E-state index in [0.29, 0.717) is 11.1 Å². The summed E-state index contributed by atoms with van der Waals surface area (Å²) in [5, 5.41) is 0. The Kier molecular flexibility index (Phi) is 3.33. The SMILES string of the molecule is CC(C)(C)N1CCC2CN(C(C)(C)C)C2CC1. The minimum absolute atomic E-state index is 0.344. The smallest absolute Gasteiger partial charge is 0.0154 e. The van der Waals surface area contributed by atoms with E-state index >= 15 is 0 Å². The van der Waals surface area contributed by atoms with Gasteiger partial charge in [0.15, 0.2) is 0 Å². The Balaban J connectivity index is 1.98. The molecule has 2 saturated heterocycles. The van der Waals surface area contributed by atoms with E-state index in [2.05, 4.69) is 51.3 Å². The van der Waals surface area contributed by atoms with Gasteiger partial charge in [-0.1, -0.05) is 0 Å². The monoisotopic (exact) mass is 238 g/mol. The topological polar surface area (TPSA) is 6.48 Å². The first-order valence-electron chi connectivity index (χ1n) is 7.21. The normalized spacial score (nSPS) is 32.8. The van der Waals surface area contributed by atoms with Crippen LogP contribution in [0.5, 0.6) is 0 Å². The maximum Gasteiger partial charge on any atom is 0.0154 e. The second kappa shape index (κ2) is 4.24. The van der Waals surface area contributed by atoms with Crippen LogP contribution in [0.3, 0.4) is 0 Å². The molecular weight excluding hydrogens is 208 g/mol. The van der Waals surface area contributed by atoms with Crippen LogP contribution >= 0.6 is 0 Å². The molecule has 0 aliphatic carbocycles. The van der Waals surface area contributed by atoms with Crippen LogP contribution in [-0.4, -0.2) is 46.6 Å². The van der Waals surface area contributed by atoms with Crippen LogP contribution in [0.25, 0.3) is 0 Å². The van der Waals surface area contributed by atoms with Crippen molar-refractivity contribution < 1.29 is 0 Å². The van der Waals surface area contributed by atoms with Gasteiger partial charge < -0.3 is 0 Å². The Morgan fingerprint density at radius 2 is 1.41 bits per heavy atom. The lowest BCUT2D eigenvalue weighted by Gasteiger charge is -2.54. The molecule has 2 heterocycles. The molecule has 0 radical (unpaired) electrons. The van der Waals surface area contributed by atoms with E-state index in [4.69, 9.17) is 0 Å². The predicted octanol–water partition coefficient (Wildman–Crippen LogP) is 2.98. The highest BCUT2D eigenvalue weighted by Crippen LogP contribution is 2.38. The molecule has 2 heteroatoms. The van der Waals surface area contributed by atoms with E-state index in [-0.39, 0.29) is 0 Å². The Morgan fingerprint density at radius 1 is 0.824 bits per heavy atom. The van der Waals surface area contributed by atoms with Crippen LogP contribution in [0.15, 0.2) is 0 Å². The van der Waals surface area contributed by atoms with Gasteiger partial charge in [0.1, 0.15) is 0 Å². The maximum absolute atomic E-state index is 2.71. The zero-order valence-electron chi connectivity index (χ0n) is 12.6. The zero-order chi connectivity index (χ0) is 12.8. The third-order valence-corrected chi connectivity index (χ3v) is 4.65. The minimum Gasteiger partial charge on any atom is -0.298 e. The lowest BCUT2D eigenvalue weighted by Crippen LogP contribution is -2.63. The molecule has 0 bridgehead atoms. The minimum atomic E-state index is 0.344. The Hall–Kier alpha value is -0.0800. The molecule has 2 aliphatic rings. The van der Waals surface area contributed by atoms with Crippen molar-refractivity contribution in [2.45, 2.75) is 71.5 Å². The van der Waals surface area contributed by atoms with Crippen molar-refractivity contribution in [2.24, 2.45) is 5.92 Å². The molecule has 0 aromatic rings. The molecular formula is C15H30N2. The molecule has 0 amide bonds. The fourth-order valence-corrected chi connectivity index (χ4v) is 3.47. The summed E-state index contributed by atoms with van der Waals surface area (Å²) in [4.78, 5) is 5.38. The summed E-state index contributed by atoms with van der Waals surface area (Å²) in [7, 11) is 0. The molecule has 2 unspecified atom stereocenters. The summed E-state index contributed by atoms with van der Waals surface area (Å²) >= 11 is 0. The van der Waals surface area contributed by atoms with Gasteiger partial charge in [0.2, 0.25) is 0 Å². The van der Waals surface area contributed by atoms with Gasteiger partial charge in [0.05, 0.1) is 0 Å². The van der Waals surface area contributed by atoms with Gasteiger partial charge in [-0.15, -0.1) is 0 Å². The standard InChI is InChI=1S/C15H30N2/c1-14(2,3)16-9-7-12-11-17(15(4,5)6)13(12)8-10-16/h12-13H,7-11H2,1-6H3. The summed E-state index contributed by atoms with van der Waals surface area (Å²) in [6.07, 6.45) is 2.76. The molecule has 0 saturated carbocycles. The summed E-state index contributed by atoms with van der Waals surface area (Å²) in [6, 6.07) is 0.849. The summed E-state index contributed by atoms with van der Waals surface area (Å²) < 4.78 is 0. The van der Waals surface area contributed by atoms with Crippen molar-refractivity contribution in [3.05, 3.63) is 0 Å². The molecule has 2 nitrogen and oxygen atoms in total. The molecule has 100 valence electrons. The predicted molar refractivity (Wildman–Crippen MR) is 74.3 cm³/mol. The highest BCUT2D eigenvalue weighted by atomic mass is 15.3. The fourth-order valence-electron chi connectivity index (χ4n) is 3.47. The third kappa shape index (κ3) is 2.68. The van der Waals surface area contributed by atoms with Crippen molar-refractivity contribution in [2.75, 3.05) is 19.6 Å². The van der Waals surface area contributed by atoms with E-state index in [9.17, 15) is 0 Å². The van der Waals surface area contributed by atoms with Crippen molar-refractivity contribution in [3.63, 3.8) is 0 Å². The van der Waals surface area contributed by atoms with E-state index in [0.717, 1.165) is 12.0 Å². The Morgan fingerprint density at radius 3 is 1.94 bits per heavy atom. The van der Waals surface area contributed by atoms with Crippen LogP contribution in [-0.2, 0) is 0 Å². The van der Waals surface area contributed by atoms with E-state index in [1.807, 2.05) is 0 Å². The number of fused-ring (bicyclic) bond motifs is 1. The van der Waals surface area contributed by atoms with E-state index in [1.165, 1.54) is 32.5 Å². The summed E-state index contributed by atoms with van der Waals surface area (Å²) in [5.74, 6) is 0.960. The second-order valence-corrected chi connectivity index (χ2v) is 7.89. The average molecular weight is 238 g/mol. The summed E-state index contributed by atoms with van der Waals surface area (Å²) in [5.41, 5.74) is 0.703. The zero-order valence-corrected chi connectivity index (χ0v) is 12.6. The van der Waals surface area contributed by atoms with Gasteiger partial charge in [-0.3, -0.25) is 9.80 Å². The van der Waals surface area contributed by atoms with Gasteiger partial charge in [-0.05, 0) is 66.8 Å². The van der Waals surface area contributed by atoms with Gasteiger partial charge >= 0.3 is 0 Å². The van der Waals surface area contributed by atoms with Gasteiger partial charge in [0, 0.05) is 30.2 Å². The molecule has 0 spiro atoms. The van der Waals surface area contributed by atoms with Crippen LogP contribution in [0.2, 0.25) is 0 Å². The highest BCUT2D eigenvalue weighted by molar-refractivity contribution is 5.00. The van der Waals surface area contributed by atoms with Crippen molar-refractivity contribution in [1.29, 1.82) is 0 Å². The van der Waals surface area contributed by atoms with E-state index in [1.54, 1.807) is 0 Å². The lowest BCUT2D eigenvalue weighted by atomic mass is 9.80. The van der Waals surface area contributed by atoms with Crippen LogP contribution in [0.1, 0.15) is 54.4 Å². The highest BCUT2D eigenvalue weighted by Gasteiger charge is 2.45. The number of hydrogen-bond donors (Lipinski definition) is 0. The largest absolute Gasteiger partial charge is 0.298 e. The maximum atomic E-state index is 2.71. The first-order valence-corrected chi connectivity index (χ1v) is 7.21. The van der Waals surface area contributed by atoms with Gasteiger partial charge in [0.25, 0.3) is 0 Å². The quantitative estimate of drug-likeness (QED) is 0.640. The summed E-state index contributed by atoms with van der Waals surface area (Å²) in [6.45, 7) is 18.0. The number of hydrogen-bond acceptors (Lipinski definition) is 2. The van der Waals surface area contributed by atoms with Gasteiger partial charge in [-0.25, -0.2) is 0 Å². The fraction of sp³-hybridized carbons (Fsp3) is 1.00. The molecule has 2 rings (SSSR count). The second-order valence-electron chi connectivity index (χ2n) is 7.89. The molecule has 0 N–H and O–H groups in total. The number of rotatable bonds is 0. The average Bonchev–Trinajstić information content (AvgIpc) is 2.22. The Bertz CT molecular complexity index is 260.